The van der Waals surface area contributed by atoms with Crippen LogP contribution in [0, 0.1) is 0 Å². The fraction of sp³-hybridized carbons (Fsp3) is 0.500. The number of methoxy groups -OCH3 is 1. The third kappa shape index (κ3) is 2.53. The van der Waals surface area contributed by atoms with Gasteiger partial charge in [-0.2, -0.15) is 0 Å². The molecule has 1 aliphatic rings. The second-order valence-corrected chi connectivity index (χ2v) is 5.00. The Labute approximate surface area is 110 Å². The van der Waals surface area contributed by atoms with Gasteiger partial charge in [0.15, 0.2) is 0 Å². The minimum atomic E-state index is 0.349. The molecule has 0 bridgehead atoms. The molecular weight excluding hydrogens is 289 g/mol. The van der Waals surface area contributed by atoms with Gasteiger partial charge in [0.05, 0.1) is 6.10 Å². The molecule has 2 rings (SSSR count). The SMILES string of the molecule is COC1CCN(c2cc(Cl)ccc2CBr)C1. The molecule has 2 nitrogen and oxygen atoms in total. The van der Waals surface area contributed by atoms with Crippen LogP contribution in [-0.4, -0.2) is 26.3 Å². The first kappa shape index (κ1) is 12.2. The lowest BCUT2D eigenvalue weighted by molar-refractivity contribution is 0.121. The molecule has 1 atom stereocenters. The van der Waals surface area contributed by atoms with Crippen molar-refractivity contribution in [1.29, 1.82) is 0 Å². The van der Waals surface area contributed by atoms with E-state index in [1.165, 1.54) is 11.3 Å². The van der Waals surface area contributed by atoms with Gasteiger partial charge in [-0.1, -0.05) is 33.6 Å². The molecule has 1 fully saturated rings. The smallest absolute Gasteiger partial charge is 0.0762 e. The number of hydrogen-bond donors (Lipinski definition) is 0. The summed E-state index contributed by atoms with van der Waals surface area (Å²) in [5, 5.41) is 1.65. The number of nitrogens with zero attached hydrogens (tertiary/aromatic N) is 1. The van der Waals surface area contributed by atoms with E-state index < -0.39 is 0 Å². The van der Waals surface area contributed by atoms with E-state index in [2.05, 4.69) is 26.9 Å². The highest BCUT2D eigenvalue weighted by Gasteiger charge is 2.23. The molecule has 1 aliphatic heterocycles. The Morgan fingerprint density at radius 2 is 2.38 bits per heavy atom. The summed E-state index contributed by atoms with van der Waals surface area (Å²) in [4.78, 5) is 2.34. The van der Waals surface area contributed by atoms with Crippen LogP contribution in [0.3, 0.4) is 0 Å². The van der Waals surface area contributed by atoms with Crippen LogP contribution in [0.5, 0.6) is 0 Å². The Hall–Kier alpha value is -0.250. The molecule has 0 aromatic heterocycles. The van der Waals surface area contributed by atoms with Crippen molar-refractivity contribution in [1.82, 2.24) is 0 Å². The summed E-state index contributed by atoms with van der Waals surface area (Å²) in [5.74, 6) is 0. The highest BCUT2D eigenvalue weighted by Crippen LogP contribution is 2.29. The minimum Gasteiger partial charge on any atom is -0.380 e. The van der Waals surface area contributed by atoms with E-state index in [1.807, 2.05) is 12.1 Å². The molecule has 1 aromatic carbocycles. The van der Waals surface area contributed by atoms with E-state index >= 15 is 0 Å². The topological polar surface area (TPSA) is 12.5 Å². The fourth-order valence-electron chi connectivity index (χ4n) is 2.08. The number of anilines is 1. The van der Waals surface area contributed by atoms with Gasteiger partial charge in [0.2, 0.25) is 0 Å². The maximum absolute atomic E-state index is 6.05. The van der Waals surface area contributed by atoms with Crippen LogP contribution in [0.1, 0.15) is 12.0 Å². The van der Waals surface area contributed by atoms with Crippen molar-refractivity contribution < 1.29 is 4.74 Å². The van der Waals surface area contributed by atoms with Gasteiger partial charge in [-0.15, -0.1) is 0 Å². The number of alkyl halides is 1. The van der Waals surface area contributed by atoms with Gasteiger partial charge < -0.3 is 9.64 Å². The summed E-state index contributed by atoms with van der Waals surface area (Å²) in [5.41, 5.74) is 2.50. The molecule has 1 aromatic rings. The Bertz CT molecular complexity index is 372. The highest BCUT2D eigenvalue weighted by atomic mass is 79.9. The largest absolute Gasteiger partial charge is 0.380 e. The molecule has 0 N–H and O–H groups in total. The van der Waals surface area contributed by atoms with Gasteiger partial charge in [-0.25, -0.2) is 0 Å². The molecule has 1 unspecified atom stereocenters. The van der Waals surface area contributed by atoms with Crippen molar-refractivity contribution in [3.05, 3.63) is 28.8 Å². The van der Waals surface area contributed by atoms with E-state index in [0.29, 0.717) is 6.10 Å². The van der Waals surface area contributed by atoms with E-state index in [4.69, 9.17) is 16.3 Å². The minimum absolute atomic E-state index is 0.349. The number of benzene rings is 1. The predicted octanol–water partition coefficient (Wildman–Crippen LogP) is 3.46. The Kier molecular flexibility index (Phi) is 4.11. The molecule has 0 spiro atoms. The van der Waals surface area contributed by atoms with E-state index in [1.54, 1.807) is 7.11 Å². The molecular formula is C12H15BrClNO. The second kappa shape index (κ2) is 5.39. The van der Waals surface area contributed by atoms with Crippen LogP contribution < -0.4 is 4.90 Å². The van der Waals surface area contributed by atoms with Crippen LogP contribution in [0.15, 0.2) is 18.2 Å². The maximum atomic E-state index is 6.05. The van der Waals surface area contributed by atoms with Crippen LogP contribution in [0.2, 0.25) is 5.02 Å². The van der Waals surface area contributed by atoms with E-state index in [9.17, 15) is 0 Å². The van der Waals surface area contributed by atoms with Gasteiger partial charge >= 0.3 is 0 Å². The highest BCUT2D eigenvalue weighted by molar-refractivity contribution is 9.08. The molecule has 0 radical (unpaired) electrons. The molecule has 1 saturated heterocycles. The average Bonchev–Trinajstić information content (AvgIpc) is 2.77. The van der Waals surface area contributed by atoms with E-state index in [0.717, 1.165) is 29.9 Å². The Balaban J connectivity index is 2.22. The van der Waals surface area contributed by atoms with Crippen LogP contribution >= 0.6 is 27.5 Å². The lowest BCUT2D eigenvalue weighted by atomic mass is 10.2. The first-order valence-corrected chi connectivity index (χ1v) is 6.86. The van der Waals surface area contributed by atoms with Gasteiger partial charge in [0.1, 0.15) is 0 Å². The van der Waals surface area contributed by atoms with Gasteiger partial charge in [-0.3, -0.25) is 0 Å². The summed E-state index contributed by atoms with van der Waals surface area (Å²) in [6.45, 7) is 2.00. The van der Waals surface area contributed by atoms with Crippen molar-refractivity contribution >= 4 is 33.2 Å². The summed E-state index contributed by atoms with van der Waals surface area (Å²) in [7, 11) is 1.78. The molecule has 0 amide bonds. The molecule has 4 heteroatoms. The summed E-state index contributed by atoms with van der Waals surface area (Å²) >= 11 is 9.56. The second-order valence-electron chi connectivity index (χ2n) is 4.00. The standard InChI is InChI=1S/C12H15BrClNO/c1-16-11-4-5-15(8-11)12-6-10(14)3-2-9(12)7-13/h2-3,6,11H,4-5,7-8H2,1H3. The van der Waals surface area contributed by atoms with Crippen molar-refractivity contribution in [2.45, 2.75) is 17.9 Å². The van der Waals surface area contributed by atoms with Crippen LogP contribution in [-0.2, 0) is 10.1 Å². The van der Waals surface area contributed by atoms with Crippen molar-refractivity contribution in [3.63, 3.8) is 0 Å². The summed E-state index contributed by atoms with van der Waals surface area (Å²) in [6.07, 6.45) is 1.44. The lowest BCUT2D eigenvalue weighted by Crippen LogP contribution is -2.23. The third-order valence-electron chi connectivity index (χ3n) is 3.01. The zero-order valence-corrected chi connectivity index (χ0v) is 11.6. The third-order valence-corrected chi connectivity index (χ3v) is 3.85. The molecule has 0 aliphatic carbocycles. The number of rotatable bonds is 3. The zero-order valence-electron chi connectivity index (χ0n) is 9.25. The monoisotopic (exact) mass is 303 g/mol. The number of halogens is 2. The first-order valence-electron chi connectivity index (χ1n) is 5.36. The summed E-state index contributed by atoms with van der Waals surface area (Å²) < 4.78 is 5.38. The van der Waals surface area contributed by atoms with Crippen molar-refractivity contribution in [2.24, 2.45) is 0 Å². The van der Waals surface area contributed by atoms with Crippen LogP contribution in [0.4, 0.5) is 5.69 Å². The lowest BCUT2D eigenvalue weighted by Gasteiger charge is -2.21. The number of hydrogen-bond acceptors (Lipinski definition) is 2. The van der Waals surface area contributed by atoms with Gasteiger partial charge in [0.25, 0.3) is 0 Å². The van der Waals surface area contributed by atoms with Crippen molar-refractivity contribution in [2.75, 3.05) is 25.1 Å². The molecule has 0 saturated carbocycles. The van der Waals surface area contributed by atoms with Crippen molar-refractivity contribution in [3.8, 4) is 0 Å². The molecule has 1 heterocycles. The predicted molar refractivity (Wildman–Crippen MR) is 71.7 cm³/mol. The first-order chi connectivity index (χ1) is 7.74. The van der Waals surface area contributed by atoms with Gasteiger partial charge in [0, 0.05) is 36.2 Å². The zero-order chi connectivity index (χ0) is 11.5. The summed E-state index contributed by atoms with van der Waals surface area (Å²) in [6, 6.07) is 6.05. The maximum Gasteiger partial charge on any atom is 0.0762 e. The molecule has 88 valence electrons. The van der Waals surface area contributed by atoms with E-state index in [-0.39, 0.29) is 0 Å². The van der Waals surface area contributed by atoms with Crippen LogP contribution in [0.25, 0.3) is 0 Å². The normalized spacial score (nSPS) is 20.4. The Morgan fingerprint density at radius 3 is 3.00 bits per heavy atom. The quantitative estimate of drug-likeness (QED) is 0.793. The molecule has 16 heavy (non-hydrogen) atoms. The fourth-order valence-corrected chi connectivity index (χ4v) is 2.72. The average molecular weight is 305 g/mol. The number of ether oxygens (including phenoxy) is 1. The Morgan fingerprint density at radius 1 is 1.56 bits per heavy atom. The van der Waals surface area contributed by atoms with Gasteiger partial charge in [-0.05, 0) is 24.1 Å².